The van der Waals surface area contributed by atoms with Gasteiger partial charge in [-0.3, -0.25) is 9.82 Å². The maximum Gasteiger partial charge on any atom is 0.261 e. The molecule has 7 heteroatoms. The molecular formula is C14H12FN3O2S. The summed E-state index contributed by atoms with van der Waals surface area (Å²) in [6, 6.07) is 8.72. The van der Waals surface area contributed by atoms with E-state index in [1.54, 1.807) is 24.4 Å². The van der Waals surface area contributed by atoms with Gasteiger partial charge in [-0.2, -0.15) is 5.10 Å². The van der Waals surface area contributed by atoms with Gasteiger partial charge in [0.05, 0.1) is 22.3 Å². The number of nitrogens with zero attached hydrogens (tertiary/aromatic N) is 1. The lowest BCUT2D eigenvalue weighted by molar-refractivity contribution is 0.598. The molecule has 0 saturated heterocycles. The molecule has 0 unspecified atom stereocenters. The zero-order valence-electron chi connectivity index (χ0n) is 11.1. The average molecular weight is 305 g/mol. The number of hydrogen-bond donors (Lipinski definition) is 2. The van der Waals surface area contributed by atoms with Crippen LogP contribution in [0, 0.1) is 12.7 Å². The number of halogens is 1. The zero-order valence-corrected chi connectivity index (χ0v) is 11.9. The van der Waals surface area contributed by atoms with Gasteiger partial charge in [0.15, 0.2) is 0 Å². The minimum atomic E-state index is -3.76. The number of aromatic amines is 1. The molecule has 0 spiro atoms. The van der Waals surface area contributed by atoms with Crippen LogP contribution in [-0.2, 0) is 10.0 Å². The minimum absolute atomic E-state index is 0.0195. The van der Waals surface area contributed by atoms with E-state index in [-0.39, 0.29) is 10.5 Å². The van der Waals surface area contributed by atoms with E-state index in [0.717, 1.165) is 17.0 Å². The van der Waals surface area contributed by atoms with Crippen molar-refractivity contribution in [3.63, 3.8) is 0 Å². The number of fused-ring (bicyclic) bond motifs is 1. The predicted molar refractivity (Wildman–Crippen MR) is 78.0 cm³/mol. The van der Waals surface area contributed by atoms with E-state index in [4.69, 9.17) is 0 Å². The Bertz CT molecular complexity index is 919. The summed E-state index contributed by atoms with van der Waals surface area (Å²) in [4.78, 5) is 0.0195. The molecule has 0 bridgehead atoms. The number of aromatic nitrogens is 2. The molecule has 21 heavy (non-hydrogen) atoms. The molecule has 2 N–H and O–H groups in total. The maximum absolute atomic E-state index is 13.2. The lowest BCUT2D eigenvalue weighted by Crippen LogP contribution is -2.13. The zero-order chi connectivity index (χ0) is 15.0. The van der Waals surface area contributed by atoms with E-state index in [9.17, 15) is 12.8 Å². The van der Waals surface area contributed by atoms with Gasteiger partial charge >= 0.3 is 0 Å². The van der Waals surface area contributed by atoms with E-state index in [0.29, 0.717) is 5.69 Å². The van der Waals surface area contributed by atoms with Crippen molar-refractivity contribution in [1.29, 1.82) is 0 Å². The largest absolute Gasteiger partial charge is 0.280 e. The number of hydrogen-bond acceptors (Lipinski definition) is 3. The maximum atomic E-state index is 13.2. The molecule has 0 saturated carbocycles. The van der Waals surface area contributed by atoms with Gasteiger partial charge in [0, 0.05) is 5.39 Å². The highest BCUT2D eigenvalue weighted by Crippen LogP contribution is 2.21. The molecule has 3 aromatic rings. The van der Waals surface area contributed by atoms with Crippen LogP contribution in [0.15, 0.2) is 47.5 Å². The van der Waals surface area contributed by atoms with Gasteiger partial charge in [-0.25, -0.2) is 12.8 Å². The van der Waals surface area contributed by atoms with Gasteiger partial charge in [-0.15, -0.1) is 0 Å². The first-order valence-corrected chi connectivity index (χ1v) is 7.66. The van der Waals surface area contributed by atoms with Gasteiger partial charge in [-0.1, -0.05) is 0 Å². The van der Waals surface area contributed by atoms with E-state index >= 15 is 0 Å². The summed E-state index contributed by atoms with van der Waals surface area (Å²) in [6.45, 7) is 1.52. The molecule has 108 valence electrons. The molecule has 0 atom stereocenters. The fourth-order valence-electron chi connectivity index (χ4n) is 2.00. The highest BCUT2D eigenvalue weighted by molar-refractivity contribution is 7.92. The Morgan fingerprint density at radius 3 is 2.76 bits per heavy atom. The number of H-pyrrole nitrogens is 1. The molecule has 0 fully saturated rings. The second-order valence-corrected chi connectivity index (χ2v) is 6.37. The Morgan fingerprint density at radius 1 is 1.19 bits per heavy atom. The lowest BCUT2D eigenvalue weighted by Gasteiger charge is -2.09. The average Bonchev–Trinajstić information content (AvgIpc) is 2.88. The van der Waals surface area contributed by atoms with Crippen LogP contribution in [0.2, 0.25) is 0 Å². The predicted octanol–water partition coefficient (Wildman–Crippen LogP) is 2.81. The molecule has 0 amide bonds. The van der Waals surface area contributed by atoms with Gasteiger partial charge in [0.2, 0.25) is 0 Å². The Labute approximate surface area is 120 Å². The Morgan fingerprint density at radius 2 is 2.00 bits per heavy atom. The summed E-state index contributed by atoms with van der Waals surface area (Å²) in [5.74, 6) is -0.437. The van der Waals surface area contributed by atoms with E-state index < -0.39 is 15.8 Å². The standard InChI is InChI=1S/C14H12FN3O2S/c1-9-6-12(4-5-13(9)15)21(19,20)18-11-3-2-10-8-16-17-14(10)7-11/h2-8,18H,1H3,(H,16,17). The van der Waals surface area contributed by atoms with Gasteiger partial charge in [0.1, 0.15) is 5.82 Å². The van der Waals surface area contributed by atoms with Crippen molar-refractivity contribution < 1.29 is 12.8 Å². The molecule has 5 nitrogen and oxygen atoms in total. The second-order valence-electron chi connectivity index (χ2n) is 4.69. The number of anilines is 1. The van der Waals surface area contributed by atoms with Crippen molar-refractivity contribution in [2.24, 2.45) is 0 Å². The van der Waals surface area contributed by atoms with Crippen LogP contribution < -0.4 is 4.72 Å². The molecular weight excluding hydrogens is 293 g/mol. The Hall–Kier alpha value is -2.41. The van der Waals surface area contributed by atoms with Crippen molar-refractivity contribution in [2.75, 3.05) is 4.72 Å². The minimum Gasteiger partial charge on any atom is -0.280 e. The van der Waals surface area contributed by atoms with Crippen LogP contribution in [0.3, 0.4) is 0 Å². The number of nitrogens with one attached hydrogen (secondary N) is 2. The van der Waals surface area contributed by atoms with Gasteiger partial charge < -0.3 is 0 Å². The highest BCUT2D eigenvalue weighted by atomic mass is 32.2. The van der Waals surface area contributed by atoms with Gasteiger partial charge in [-0.05, 0) is 48.9 Å². The number of aryl methyl sites for hydroxylation is 1. The fourth-order valence-corrected chi connectivity index (χ4v) is 3.13. The van der Waals surface area contributed by atoms with E-state index in [1.807, 2.05) is 0 Å². The molecule has 3 rings (SSSR count). The smallest absolute Gasteiger partial charge is 0.261 e. The molecule has 1 aromatic heterocycles. The van der Waals surface area contributed by atoms with Crippen LogP contribution in [0.25, 0.3) is 10.9 Å². The highest BCUT2D eigenvalue weighted by Gasteiger charge is 2.15. The van der Waals surface area contributed by atoms with Crippen molar-refractivity contribution in [1.82, 2.24) is 10.2 Å². The summed E-state index contributed by atoms with van der Waals surface area (Å²) < 4.78 is 40.3. The second kappa shape index (κ2) is 4.85. The normalized spacial score (nSPS) is 11.7. The van der Waals surface area contributed by atoms with Gasteiger partial charge in [0.25, 0.3) is 10.0 Å². The molecule has 0 aliphatic carbocycles. The lowest BCUT2D eigenvalue weighted by atomic mass is 10.2. The van der Waals surface area contributed by atoms with Crippen LogP contribution in [-0.4, -0.2) is 18.6 Å². The summed E-state index contributed by atoms with van der Waals surface area (Å²) in [5.41, 5.74) is 1.42. The SMILES string of the molecule is Cc1cc(S(=O)(=O)Nc2ccc3cn[nH]c3c2)ccc1F. The third kappa shape index (κ3) is 2.59. The van der Waals surface area contributed by atoms with Crippen molar-refractivity contribution in [3.05, 3.63) is 54.0 Å². The third-order valence-electron chi connectivity index (χ3n) is 3.13. The molecule has 0 aliphatic rings. The first-order chi connectivity index (χ1) is 9.95. The van der Waals surface area contributed by atoms with E-state index in [2.05, 4.69) is 14.9 Å². The first kappa shape index (κ1) is 13.6. The number of rotatable bonds is 3. The van der Waals surface area contributed by atoms with Crippen LogP contribution in [0.1, 0.15) is 5.56 Å². The van der Waals surface area contributed by atoms with Crippen LogP contribution in [0.4, 0.5) is 10.1 Å². The number of sulfonamides is 1. The summed E-state index contributed by atoms with van der Waals surface area (Å²) in [5, 5.41) is 7.53. The quantitative estimate of drug-likeness (QED) is 0.781. The monoisotopic (exact) mass is 305 g/mol. The topological polar surface area (TPSA) is 74.8 Å². The summed E-state index contributed by atoms with van der Waals surface area (Å²) in [7, 11) is -3.76. The Balaban J connectivity index is 1.96. The fraction of sp³-hybridized carbons (Fsp3) is 0.0714. The molecule has 1 heterocycles. The van der Waals surface area contributed by atoms with Crippen LogP contribution in [0.5, 0.6) is 0 Å². The van der Waals surface area contributed by atoms with E-state index in [1.165, 1.54) is 19.1 Å². The van der Waals surface area contributed by atoms with Crippen molar-refractivity contribution >= 4 is 26.6 Å². The number of benzene rings is 2. The van der Waals surface area contributed by atoms with Crippen molar-refractivity contribution in [2.45, 2.75) is 11.8 Å². The molecule has 0 radical (unpaired) electrons. The summed E-state index contributed by atoms with van der Waals surface area (Å²) in [6.07, 6.45) is 1.65. The molecule has 0 aliphatic heterocycles. The summed E-state index contributed by atoms with van der Waals surface area (Å²) >= 11 is 0. The molecule has 2 aromatic carbocycles. The van der Waals surface area contributed by atoms with Crippen molar-refractivity contribution in [3.8, 4) is 0 Å². The third-order valence-corrected chi connectivity index (χ3v) is 4.51. The first-order valence-electron chi connectivity index (χ1n) is 6.18. The Kier molecular flexibility index (Phi) is 3.13. The van der Waals surface area contributed by atoms with Crippen LogP contribution >= 0.6 is 0 Å².